The average molecular weight is 760 g/mol. The van der Waals surface area contributed by atoms with Crippen LogP contribution >= 0.6 is 0 Å². The minimum Gasteiger partial charge on any atom is -0.344 e. The van der Waals surface area contributed by atoms with Crippen LogP contribution < -0.4 is 21.3 Å². The molecular formula is C41H69N5O6S. The van der Waals surface area contributed by atoms with E-state index in [9.17, 15) is 22.8 Å². The molecular weight excluding hydrogens is 691 g/mol. The molecule has 0 aromatic heterocycles. The number of nitrogens with one attached hydrogen (secondary N) is 4. The fraction of sp³-hybridized carbons (Fsp3) is 0.854. The fourth-order valence-electron chi connectivity index (χ4n) is 9.89. The molecule has 1 saturated heterocycles. The summed E-state index contributed by atoms with van der Waals surface area (Å²) >= 11 is 0. The van der Waals surface area contributed by atoms with E-state index in [-0.39, 0.29) is 47.1 Å². The highest BCUT2D eigenvalue weighted by atomic mass is 32.2. The summed E-state index contributed by atoms with van der Waals surface area (Å²) in [6, 6.07) is -2.80. The standard InChI is InChI=1S/C41H69N5O6S/c1-8-23-42-25-32(47)31(24-28-15-16-28)43-35(48)33-29-17-22-39(5,6)30(29)26-46(33)36(49)34(40(7)18-11-9-12-19-40)44-37(50)45-41(20-13-10-14-21-41)27-53(51,52)38(2,3)4/h8,28-31,33-34,42H,1,9-27H2,2-7H3,(H,43,48)(H2,44,45,50)/t29-,30-,31?,33-,34+/m0/s1. The quantitative estimate of drug-likeness (QED) is 0.128. The Morgan fingerprint density at radius 1 is 0.887 bits per heavy atom. The van der Waals surface area contributed by atoms with Gasteiger partial charge in [0, 0.05) is 13.1 Å². The summed E-state index contributed by atoms with van der Waals surface area (Å²) in [4.78, 5) is 59.1. The van der Waals surface area contributed by atoms with Gasteiger partial charge in [0.15, 0.2) is 15.6 Å². The van der Waals surface area contributed by atoms with E-state index in [1.54, 1.807) is 31.7 Å². The molecule has 1 heterocycles. The van der Waals surface area contributed by atoms with Crippen molar-refractivity contribution < 1.29 is 27.6 Å². The predicted octanol–water partition coefficient (Wildman–Crippen LogP) is 5.43. The van der Waals surface area contributed by atoms with Gasteiger partial charge >= 0.3 is 6.03 Å². The first-order valence-corrected chi connectivity index (χ1v) is 22.2. The molecule has 0 radical (unpaired) electrons. The van der Waals surface area contributed by atoms with Crippen molar-refractivity contribution in [3.63, 3.8) is 0 Å². The van der Waals surface area contributed by atoms with Crippen molar-refractivity contribution in [1.82, 2.24) is 26.2 Å². The lowest BCUT2D eigenvalue weighted by Crippen LogP contribution is -2.64. The third-order valence-electron chi connectivity index (χ3n) is 13.7. The van der Waals surface area contributed by atoms with E-state index in [0.717, 1.165) is 77.0 Å². The zero-order valence-corrected chi connectivity index (χ0v) is 34.3. The molecule has 5 fully saturated rings. The van der Waals surface area contributed by atoms with Crippen molar-refractivity contribution in [3.05, 3.63) is 12.7 Å². The molecule has 1 aliphatic heterocycles. The van der Waals surface area contributed by atoms with E-state index >= 15 is 4.79 Å². The topological polar surface area (TPSA) is 154 Å². The second kappa shape index (κ2) is 16.3. The van der Waals surface area contributed by atoms with Crippen LogP contribution in [0.5, 0.6) is 0 Å². The largest absolute Gasteiger partial charge is 0.344 e. The van der Waals surface area contributed by atoms with Gasteiger partial charge in [-0.3, -0.25) is 14.4 Å². The lowest BCUT2D eigenvalue weighted by atomic mass is 9.70. The maximum absolute atomic E-state index is 15.2. The molecule has 4 amide bonds. The lowest BCUT2D eigenvalue weighted by molar-refractivity contribution is -0.144. The number of fused-ring (bicyclic) bond motifs is 1. The van der Waals surface area contributed by atoms with E-state index in [0.29, 0.717) is 38.3 Å². The van der Waals surface area contributed by atoms with Gasteiger partial charge in [0.05, 0.1) is 28.6 Å². The number of likely N-dealkylation sites (tertiary alicyclic amines) is 1. The molecule has 12 heteroatoms. The summed E-state index contributed by atoms with van der Waals surface area (Å²) in [5.74, 6) is -0.287. The molecule has 300 valence electrons. The molecule has 0 bridgehead atoms. The van der Waals surface area contributed by atoms with E-state index < -0.39 is 49.7 Å². The Kier molecular flexibility index (Phi) is 12.8. The van der Waals surface area contributed by atoms with Crippen molar-refractivity contribution >= 4 is 33.5 Å². The number of carbonyl (C=O) groups excluding carboxylic acids is 4. The highest BCUT2D eigenvalue weighted by Gasteiger charge is 2.58. The van der Waals surface area contributed by atoms with Gasteiger partial charge in [0.1, 0.15) is 12.1 Å². The minimum atomic E-state index is -3.55. The van der Waals surface area contributed by atoms with Crippen LogP contribution in [0.25, 0.3) is 0 Å². The van der Waals surface area contributed by atoms with Crippen molar-refractivity contribution in [2.24, 2.45) is 28.6 Å². The number of carbonyl (C=O) groups is 4. The molecule has 1 unspecified atom stereocenters. The second-order valence-electron chi connectivity index (χ2n) is 19.3. The number of ketones is 1. The van der Waals surface area contributed by atoms with Crippen molar-refractivity contribution in [2.75, 3.05) is 25.4 Å². The normalized spacial score (nSPS) is 27.6. The zero-order chi connectivity index (χ0) is 38.8. The van der Waals surface area contributed by atoms with Crippen LogP contribution in [0, 0.1) is 28.6 Å². The Morgan fingerprint density at radius 2 is 1.51 bits per heavy atom. The molecule has 11 nitrogen and oxygen atoms in total. The van der Waals surface area contributed by atoms with E-state index in [2.05, 4.69) is 48.6 Å². The van der Waals surface area contributed by atoms with Gasteiger partial charge in [-0.15, -0.1) is 6.58 Å². The molecule has 53 heavy (non-hydrogen) atoms. The van der Waals surface area contributed by atoms with Crippen molar-refractivity contribution in [1.29, 1.82) is 0 Å². The van der Waals surface area contributed by atoms with E-state index in [1.165, 1.54) is 0 Å². The number of sulfone groups is 1. The molecule has 4 aliphatic carbocycles. The average Bonchev–Trinajstić information content (AvgIpc) is 3.73. The van der Waals surface area contributed by atoms with Crippen LogP contribution in [0.4, 0.5) is 4.79 Å². The van der Waals surface area contributed by atoms with E-state index in [4.69, 9.17) is 0 Å². The first-order valence-electron chi connectivity index (χ1n) is 20.6. The van der Waals surface area contributed by atoms with Gasteiger partial charge < -0.3 is 26.2 Å². The van der Waals surface area contributed by atoms with Gasteiger partial charge in [-0.05, 0) is 94.3 Å². The smallest absolute Gasteiger partial charge is 0.315 e. The minimum absolute atomic E-state index is 0.0498. The van der Waals surface area contributed by atoms with Crippen LogP contribution in [0.2, 0.25) is 0 Å². The molecule has 0 aromatic rings. The van der Waals surface area contributed by atoms with Gasteiger partial charge in [0.25, 0.3) is 0 Å². The molecule has 4 saturated carbocycles. The first kappa shape index (κ1) is 41.7. The summed E-state index contributed by atoms with van der Waals surface area (Å²) in [6.07, 6.45) is 14.3. The Labute approximate surface area is 319 Å². The number of urea groups is 1. The maximum atomic E-state index is 15.2. The van der Waals surface area contributed by atoms with Crippen LogP contribution in [-0.4, -0.2) is 90.7 Å². The number of amides is 4. The maximum Gasteiger partial charge on any atom is 0.315 e. The van der Waals surface area contributed by atoms with Gasteiger partial charge in [0.2, 0.25) is 11.8 Å². The van der Waals surface area contributed by atoms with Crippen LogP contribution in [-0.2, 0) is 24.2 Å². The first-order chi connectivity index (χ1) is 24.8. The zero-order valence-electron chi connectivity index (χ0n) is 33.5. The van der Waals surface area contributed by atoms with Crippen LogP contribution in [0.1, 0.15) is 138 Å². The third kappa shape index (κ3) is 9.68. The Balaban J connectivity index is 1.42. The molecule has 4 N–H and O–H groups in total. The molecule has 5 aliphatic rings. The molecule has 5 rings (SSSR count). The second-order valence-corrected chi connectivity index (χ2v) is 22.1. The predicted molar refractivity (Wildman–Crippen MR) is 209 cm³/mol. The van der Waals surface area contributed by atoms with Crippen molar-refractivity contribution in [3.8, 4) is 0 Å². The van der Waals surface area contributed by atoms with E-state index in [1.807, 2.05) is 0 Å². The Morgan fingerprint density at radius 3 is 2.09 bits per heavy atom. The summed E-state index contributed by atoms with van der Waals surface area (Å²) in [6.45, 7) is 16.4. The van der Waals surface area contributed by atoms with Gasteiger partial charge in [-0.1, -0.05) is 78.2 Å². The highest BCUT2D eigenvalue weighted by molar-refractivity contribution is 7.92. The number of nitrogens with zero attached hydrogens (tertiary/aromatic N) is 1. The number of hydrogen-bond acceptors (Lipinski definition) is 7. The SMILES string of the molecule is C=CCNCC(=O)C(CC1CC1)NC(=O)[C@@H]1[C@H]2CCC(C)(C)[C@H]2CN1C(=O)[C@@H](NC(=O)NC1(CS(=O)(=O)C(C)(C)C)CCCCC1)C1(C)CCCCC1. The summed E-state index contributed by atoms with van der Waals surface area (Å²) in [5.41, 5.74) is -1.54. The van der Waals surface area contributed by atoms with Crippen molar-refractivity contribution in [2.45, 2.75) is 166 Å². The monoisotopic (exact) mass is 759 g/mol. The van der Waals surface area contributed by atoms with Crippen LogP contribution in [0.15, 0.2) is 12.7 Å². The highest BCUT2D eigenvalue weighted by Crippen LogP contribution is 2.53. The Hall–Kier alpha value is -2.47. The summed E-state index contributed by atoms with van der Waals surface area (Å²) < 4.78 is 26.0. The summed E-state index contributed by atoms with van der Waals surface area (Å²) in [7, 11) is -3.55. The third-order valence-corrected chi connectivity index (χ3v) is 16.5. The lowest BCUT2D eigenvalue weighted by Gasteiger charge is -2.44. The van der Waals surface area contributed by atoms with Gasteiger partial charge in [-0.2, -0.15) is 0 Å². The fourth-order valence-corrected chi connectivity index (χ4v) is 11.4. The number of rotatable bonds is 15. The summed E-state index contributed by atoms with van der Waals surface area (Å²) in [5, 5.41) is 12.5. The molecule has 5 atom stereocenters. The number of Topliss-reactive ketones (excluding diaryl/α,β-unsaturated/α-hetero) is 1. The number of hydrogen-bond donors (Lipinski definition) is 4. The van der Waals surface area contributed by atoms with Gasteiger partial charge in [-0.25, -0.2) is 13.2 Å². The molecule has 0 spiro atoms. The van der Waals surface area contributed by atoms with Crippen LogP contribution in [0.3, 0.4) is 0 Å². The Bertz CT molecular complexity index is 1470. The molecule has 0 aromatic carbocycles.